The predicted octanol–water partition coefficient (Wildman–Crippen LogP) is 4.61. The number of nitrogen functional groups attached to an aromatic ring is 1. The molecule has 1 saturated heterocycles. The smallest absolute Gasteiger partial charge is 0.258 e. The Balaban J connectivity index is 1.40. The highest BCUT2D eigenvalue weighted by Gasteiger charge is 2.29. The minimum atomic E-state index is -3.66. The normalized spacial score (nSPS) is 13.8. The van der Waals surface area contributed by atoms with Gasteiger partial charge < -0.3 is 15.5 Å². The lowest BCUT2D eigenvalue weighted by Crippen LogP contribution is -2.52. The van der Waals surface area contributed by atoms with E-state index in [2.05, 4.69) is 0 Å². The summed E-state index contributed by atoms with van der Waals surface area (Å²) in [5, 5.41) is 2.06. The van der Waals surface area contributed by atoms with Crippen LogP contribution >= 0.6 is 11.6 Å². The van der Waals surface area contributed by atoms with Gasteiger partial charge >= 0.3 is 0 Å². The first-order chi connectivity index (χ1) is 19.5. The van der Waals surface area contributed by atoms with Gasteiger partial charge in [-0.25, -0.2) is 12.8 Å². The molecule has 0 unspecified atom stereocenters. The van der Waals surface area contributed by atoms with Gasteiger partial charge in [-0.1, -0.05) is 48.0 Å². The van der Waals surface area contributed by atoms with Crippen LogP contribution in [0.1, 0.15) is 10.4 Å². The van der Waals surface area contributed by atoms with Gasteiger partial charge in [-0.2, -0.15) is 0 Å². The van der Waals surface area contributed by atoms with Gasteiger partial charge in [-0.05, 0) is 47.9 Å². The van der Waals surface area contributed by atoms with Crippen molar-refractivity contribution in [2.45, 2.75) is 4.90 Å². The lowest BCUT2D eigenvalue weighted by molar-refractivity contribution is -0.129. The summed E-state index contributed by atoms with van der Waals surface area (Å²) in [5.74, 6) is -1.31. The third kappa shape index (κ3) is 5.98. The fourth-order valence-corrected chi connectivity index (χ4v) is 6.04. The second-order valence-electron chi connectivity index (χ2n) is 9.88. The highest BCUT2D eigenvalue weighted by atomic mass is 35.5. The van der Waals surface area contributed by atoms with E-state index in [0.29, 0.717) is 48.1 Å². The van der Waals surface area contributed by atoms with Crippen molar-refractivity contribution >= 4 is 61.1 Å². The summed E-state index contributed by atoms with van der Waals surface area (Å²) in [6, 6.07) is 21.5. The minimum absolute atomic E-state index is 0.0905. The first-order valence-electron chi connectivity index (χ1n) is 12.9. The van der Waals surface area contributed by atoms with Crippen LogP contribution in [0.2, 0.25) is 5.02 Å². The Morgan fingerprint density at radius 2 is 1.66 bits per heavy atom. The van der Waals surface area contributed by atoms with Gasteiger partial charge in [0.2, 0.25) is 5.91 Å². The van der Waals surface area contributed by atoms with Crippen molar-refractivity contribution in [3.63, 3.8) is 0 Å². The van der Waals surface area contributed by atoms with Crippen LogP contribution in [-0.2, 0) is 14.6 Å². The van der Waals surface area contributed by atoms with Gasteiger partial charge in [0, 0.05) is 43.4 Å². The topological polar surface area (TPSA) is 104 Å². The van der Waals surface area contributed by atoms with Crippen LogP contribution in [0.5, 0.6) is 0 Å². The number of nitrogens with two attached hydrogens (primary N) is 1. The minimum Gasteiger partial charge on any atom is -0.398 e. The lowest BCUT2D eigenvalue weighted by Gasteiger charge is -2.37. The van der Waals surface area contributed by atoms with Gasteiger partial charge in [0.1, 0.15) is 12.4 Å². The molecule has 11 heteroatoms. The Morgan fingerprint density at radius 1 is 0.951 bits per heavy atom. The maximum atomic E-state index is 13.8. The van der Waals surface area contributed by atoms with E-state index in [1.165, 1.54) is 23.1 Å². The van der Waals surface area contributed by atoms with Crippen molar-refractivity contribution in [1.82, 2.24) is 4.90 Å². The summed E-state index contributed by atoms with van der Waals surface area (Å²) >= 11 is 6.08. The zero-order valence-corrected chi connectivity index (χ0v) is 23.8. The number of carbonyl (C=O) groups excluding carboxylic acids is 2. The zero-order chi connectivity index (χ0) is 29.3. The highest BCUT2D eigenvalue weighted by molar-refractivity contribution is 7.90. The van der Waals surface area contributed by atoms with Gasteiger partial charge in [0.25, 0.3) is 5.91 Å². The molecule has 1 aliphatic rings. The van der Waals surface area contributed by atoms with Crippen LogP contribution < -0.4 is 15.5 Å². The molecule has 0 spiro atoms. The largest absolute Gasteiger partial charge is 0.398 e. The quantitative estimate of drug-likeness (QED) is 0.327. The van der Waals surface area contributed by atoms with Crippen molar-refractivity contribution in [2.75, 3.05) is 54.5 Å². The van der Waals surface area contributed by atoms with Gasteiger partial charge in [0.05, 0.1) is 27.0 Å². The fourth-order valence-electron chi connectivity index (χ4n) is 5.02. The maximum Gasteiger partial charge on any atom is 0.258 e. The Labute approximate surface area is 242 Å². The molecule has 0 aliphatic carbocycles. The maximum absolute atomic E-state index is 13.8. The van der Waals surface area contributed by atoms with Crippen molar-refractivity contribution in [2.24, 2.45) is 0 Å². The third-order valence-corrected chi connectivity index (χ3v) is 8.60. The Bertz CT molecular complexity index is 1750. The van der Waals surface area contributed by atoms with E-state index in [9.17, 15) is 22.4 Å². The number of sulfone groups is 1. The third-order valence-electron chi connectivity index (χ3n) is 7.13. The summed E-state index contributed by atoms with van der Waals surface area (Å²) in [7, 11) is -3.66. The Hall–Kier alpha value is -4.15. The van der Waals surface area contributed by atoms with E-state index in [0.717, 1.165) is 23.1 Å². The van der Waals surface area contributed by atoms with Crippen molar-refractivity contribution < 1.29 is 22.4 Å². The van der Waals surface area contributed by atoms with Crippen LogP contribution in [0.3, 0.4) is 0 Å². The number of nitrogens with zero attached hydrogens (tertiary/aromatic N) is 3. The van der Waals surface area contributed by atoms with Gasteiger partial charge in [-0.3, -0.25) is 14.5 Å². The average molecular weight is 595 g/mol. The molecule has 8 nitrogen and oxygen atoms in total. The molecule has 0 radical (unpaired) electrons. The van der Waals surface area contributed by atoms with E-state index in [1.54, 1.807) is 23.1 Å². The van der Waals surface area contributed by atoms with E-state index in [-0.39, 0.29) is 23.0 Å². The monoisotopic (exact) mass is 594 g/mol. The number of carbonyl (C=O) groups is 2. The summed E-state index contributed by atoms with van der Waals surface area (Å²) in [5.41, 5.74) is 7.50. The molecule has 0 bridgehead atoms. The molecule has 1 fully saturated rings. The summed E-state index contributed by atoms with van der Waals surface area (Å²) < 4.78 is 38.4. The molecule has 212 valence electrons. The molecule has 5 rings (SSSR count). The summed E-state index contributed by atoms with van der Waals surface area (Å²) in [6.07, 6.45) is 1.04. The number of hydrogen-bond donors (Lipinski definition) is 1. The van der Waals surface area contributed by atoms with E-state index >= 15 is 0 Å². The van der Waals surface area contributed by atoms with Crippen LogP contribution in [0.15, 0.2) is 83.8 Å². The Kier molecular flexibility index (Phi) is 7.88. The predicted molar refractivity (Wildman–Crippen MR) is 160 cm³/mol. The van der Waals surface area contributed by atoms with E-state index < -0.39 is 21.6 Å². The molecule has 0 atom stereocenters. The number of amides is 2. The summed E-state index contributed by atoms with van der Waals surface area (Å²) in [4.78, 5) is 32.3. The van der Waals surface area contributed by atoms with Crippen molar-refractivity contribution in [3.05, 3.63) is 95.3 Å². The standard InChI is InChI=1S/C30H28ClFN4O4S/c1-41(39,40)28-18-22(32)10-12-27(28)34-13-15-35(16-14-34)29(37)19-36(30(38)21-9-11-24(31)25(33)17-21)26-8-4-6-20-5-2-3-7-23(20)26/h2-12,17-18H,13-16,19,33H2,1H3. The van der Waals surface area contributed by atoms with Crippen LogP contribution in [0.4, 0.5) is 21.5 Å². The zero-order valence-electron chi connectivity index (χ0n) is 22.3. The number of piperazine rings is 1. The van der Waals surface area contributed by atoms with E-state index in [1.807, 2.05) is 41.3 Å². The van der Waals surface area contributed by atoms with Crippen LogP contribution in [0, 0.1) is 5.82 Å². The molecular formula is C30H28ClFN4O4S. The molecule has 4 aromatic carbocycles. The molecule has 2 N–H and O–H groups in total. The molecule has 0 saturated carbocycles. The SMILES string of the molecule is CS(=O)(=O)c1cc(F)ccc1N1CCN(C(=O)CN(C(=O)c2ccc(Cl)c(N)c2)c2cccc3ccccc23)CC1. The number of hydrogen-bond acceptors (Lipinski definition) is 6. The first-order valence-corrected chi connectivity index (χ1v) is 15.2. The second-order valence-corrected chi connectivity index (χ2v) is 12.3. The first kappa shape index (κ1) is 28.4. The molecule has 0 aromatic heterocycles. The van der Waals surface area contributed by atoms with Gasteiger partial charge in [0.15, 0.2) is 9.84 Å². The van der Waals surface area contributed by atoms with E-state index in [4.69, 9.17) is 17.3 Å². The number of benzene rings is 4. The van der Waals surface area contributed by atoms with Crippen molar-refractivity contribution in [1.29, 1.82) is 0 Å². The Morgan fingerprint density at radius 3 is 2.37 bits per heavy atom. The van der Waals surface area contributed by atoms with Crippen molar-refractivity contribution in [3.8, 4) is 0 Å². The van der Waals surface area contributed by atoms with Crippen LogP contribution in [-0.4, -0.2) is 64.1 Å². The number of fused-ring (bicyclic) bond motifs is 1. The average Bonchev–Trinajstić information content (AvgIpc) is 2.96. The highest BCUT2D eigenvalue weighted by Crippen LogP contribution is 2.30. The second kappa shape index (κ2) is 11.4. The number of halogens is 2. The molecule has 41 heavy (non-hydrogen) atoms. The molecule has 1 heterocycles. The molecule has 2 amide bonds. The van der Waals surface area contributed by atoms with Crippen LogP contribution in [0.25, 0.3) is 10.8 Å². The number of anilines is 3. The molecule has 4 aromatic rings. The number of rotatable bonds is 6. The molecular weight excluding hydrogens is 567 g/mol. The lowest BCUT2D eigenvalue weighted by atomic mass is 10.1. The fraction of sp³-hybridized carbons (Fsp3) is 0.200. The van der Waals surface area contributed by atoms with Gasteiger partial charge in [-0.15, -0.1) is 0 Å². The molecule has 1 aliphatic heterocycles. The summed E-state index contributed by atoms with van der Waals surface area (Å²) in [6.45, 7) is 1.06.